The molecule has 0 aliphatic carbocycles. The molecule has 0 atom stereocenters. The maximum Gasteiger partial charge on any atom is 0.203 e. The Labute approximate surface area is 112 Å². The number of ether oxygens (including phenoxy) is 1. The molecule has 0 spiro atoms. The Bertz CT molecular complexity index is 504. The number of thiophene rings is 1. The predicted molar refractivity (Wildman–Crippen MR) is 75.2 cm³/mol. The lowest BCUT2D eigenvalue weighted by molar-refractivity contribution is 0.187. The van der Waals surface area contributed by atoms with Crippen LogP contribution in [0.2, 0.25) is 0 Å². The zero-order valence-corrected chi connectivity index (χ0v) is 11.9. The summed E-state index contributed by atoms with van der Waals surface area (Å²) < 4.78 is 7.20. The summed E-state index contributed by atoms with van der Waals surface area (Å²) in [5.41, 5.74) is 1.02. The molecule has 2 heterocycles. The van der Waals surface area contributed by atoms with Crippen molar-refractivity contribution in [2.75, 3.05) is 19.0 Å². The van der Waals surface area contributed by atoms with Crippen LogP contribution in [0.1, 0.15) is 15.4 Å². The van der Waals surface area contributed by atoms with Gasteiger partial charge in [-0.2, -0.15) is 0 Å². The van der Waals surface area contributed by atoms with E-state index in [1.807, 2.05) is 24.5 Å². The molecule has 0 unspecified atom stereocenters. The Balaban J connectivity index is 1.99. The second kappa shape index (κ2) is 6.02. The predicted octanol–water partition coefficient (Wildman–Crippen LogP) is 2.82. The number of rotatable bonds is 6. The molecule has 0 saturated heterocycles. The van der Waals surface area contributed by atoms with Crippen molar-refractivity contribution in [2.45, 2.75) is 26.9 Å². The highest BCUT2D eigenvalue weighted by atomic mass is 32.1. The van der Waals surface area contributed by atoms with Gasteiger partial charge in [0.1, 0.15) is 0 Å². The molecule has 4 nitrogen and oxygen atoms in total. The van der Waals surface area contributed by atoms with Gasteiger partial charge in [0.25, 0.3) is 0 Å². The van der Waals surface area contributed by atoms with Crippen molar-refractivity contribution in [3.8, 4) is 0 Å². The van der Waals surface area contributed by atoms with Crippen LogP contribution in [0.25, 0.3) is 0 Å². The molecule has 0 amide bonds. The summed E-state index contributed by atoms with van der Waals surface area (Å²) in [5.74, 6) is 0.913. The molecule has 5 heteroatoms. The molecule has 0 aromatic carbocycles. The molecule has 0 radical (unpaired) electrons. The first kappa shape index (κ1) is 13.1. The quantitative estimate of drug-likeness (QED) is 0.873. The Morgan fingerprint density at radius 2 is 2.22 bits per heavy atom. The molecule has 98 valence electrons. The standard InChI is InChI=1S/C13H19N3OS/c1-10-9-16(6-7-17-3)13(15-10)14-8-12-5-4-11(2)18-12/h4-5,9H,6-8H2,1-3H3,(H,14,15). The van der Waals surface area contributed by atoms with Crippen LogP contribution in [0.3, 0.4) is 0 Å². The number of nitrogens with one attached hydrogen (secondary N) is 1. The van der Waals surface area contributed by atoms with Crippen LogP contribution in [0.5, 0.6) is 0 Å². The first-order chi connectivity index (χ1) is 8.69. The summed E-state index contributed by atoms with van der Waals surface area (Å²) in [7, 11) is 1.71. The number of hydrogen-bond acceptors (Lipinski definition) is 4. The van der Waals surface area contributed by atoms with Gasteiger partial charge in [-0.15, -0.1) is 11.3 Å². The largest absolute Gasteiger partial charge is 0.383 e. The van der Waals surface area contributed by atoms with Gasteiger partial charge in [0.05, 0.1) is 18.8 Å². The van der Waals surface area contributed by atoms with E-state index in [0.717, 1.165) is 24.7 Å². The van der Waals surface area contributed by atoms with E-state index in [0.29, 0.717) is 6.61 Å². The number of methoxy groups -OCH3 is 1. The van der Waals surface area contributed by atoms with Gasteiger partial charge in [-0.05, 0) is 26.0 Å². The van der Waals surface area contributed by atoms with E-state index < -0.39 is 0 Å². The fraction of sp³-hybridized carbons (Fsp3) is 0.462. The first-order valence-electron chi connectivity index (χ1n) is 6.01. The first-order valence-corrected chi connectivity index (χ1v) is 6.82. The minimum absolute atomic E-state index is 0.697. The van der Waals surface area contributed by atoms with Crippen LogP contribution in [-0.2, 0) is 17.8 Å². The second-order valence-corrected chi connectivity index (χ2v) is 5.63. The van der Waals surface area contributed by atoms with Gasteiger partial charge in [-0.25, -0.2) is 4.98 Å². The third-order valence-electron chi connectivity index (χ3n) is 2.65. The zero-order chi connectivity index (χ0) is 13.0. The molecule has 2 aromatic rings. The average molecular weight is 265 g/mol. The van der Waals surface area contributed by atoms with E-state index in [2.05, 4.69) is 33.9 Å². The van der Waals surface area contributed by atoms with Gasteiger partial charge in [-0.3, -0.25) is 0 Å². The van der Waals surface area contributed by atoms with Gasteiger partial charge >= 0.3 is 0 Å². The van der Waals surface area contributed by atoms with E-state index in [1.165, 1.54) is 9.75 Å². The molecule has 0 fully saturated rings. The Kier molecular flexibility index (Phi) is 4.38. The number of aromatic nitrogens is 2. The maximum atomic E-state index is 5.10. The molecule has 18 heavy (non-hydrogen) atoms. The lowest BCUT2D eigenvalue weighted by Gasteiger charge is -2.08. The van der Waals surface area contributed by atoms with E-state index in [4.69, 9.17) is 4.74 Å². The van der Waals surface area contributed by atoms with E-state index >= 15 is 0 Å². The van der Waals surface area contributed by atoms with E-state index in [1.54, 1.807) is 7.11 Å². The highest BCUT2D eigenvalue weighted by molar-refractivity contribution is 7.11. The summed E-state index contributed by atoms with van der Waals surface area (Å²) in [4.78, 5) is 7.15. The smallest absolute Gasteiger partial charge is 0.203 e. The van der Waals surface area contributed by atoms with E-state index in [-0.39, 0.29) is 0 Å². The number of hydrogen-bond donors (Lipinski definition) is 1. The molecule has 2 aromatic heterocycles. The lowest BCUT2D eigenvalue weighted by atomic mass is 10.4. The van der Waals surface area contributed by atoms with Crippen LogP contribution in [-0.4, -0.2) is 23.3 Å². The topological polar surface area (TPSA) is 39.1 Å². The van der Waals surface area contributed by atoms with Crippen LogP contribution >= 0.6 is 11.3 Å². The fourth-order valence-corrected chi connectivity index (χ4v) is 2.62. The van der Waals surface area contributed by atoms with Crippen molar-refractivity contribution >= 4 is 17.3 Å². The van der Waals surface area contributed by atoms with Crippen molar-refractivity contribution in [3.63, 3.8) is 0 Å². The van der Waals surface area contributed by atoms with E-state index in [9.17, 15) is 0 Å². The molecule has 0 aliphatic heterocycles. The van der Waals surface area contributed by atoms with Crippen molar-refractivity contribution in [3.05, 3.63) is 33.8 Å². The van der Waals surface area contributed by atoms with Gasteiger partial charge in [0.2, 0.25) is 5.95 Å². The monoisotopic (exact) mass is 265 g/mol. The average Bonchev–Trinajstić information content (AvgIpc) is 2.90. The lowest BCUT2D eigenvalue weighted by Crippen LogP contribution is -2.09. The van der Waals surface area contributed by atoms with Crippen LogP contribution < -0.4 is 5.32 Å². The van der Waals surface area contributed by atoms with Crippen molar-refractivity contribution in [2.24, 2.45) is 0 Å². The molecular weight excluding hydrogens is 246 g/mol. The van der Waals surface area contributed by atoms with Gasteiger partial charge < -0.3 is 14.6 Å². The van der Waals surface area contributed by atoms with Crippen LogP contribution in [0.4, 0.5) is 5.95 Å². The number of anilines is 1. The third-order valence-corrected chi connectivity index (χ3v) is 3.65. The summed E-state index contributed by atoms with van der Waals surface area (Å²) >= 11 is 1.81. The molecule has 0 saturated carbocycles. The van der Waals surface area contributed by atoms with Gasteiger partial charge in [0.15, 0.2) is 0 Å². The van der Waals surface area contributed by atoms with Crippen molar-refractivity contribution < 1.29 is 4.74 Å². The maximum absolute atomic E-state index is 5.10. The minimum atomic E-state index is 0.697. The summed E-state index contributed by atoms with van der Waals surface area (Å²) in [6, 6.07) is 4.30. The zero-order valence-electron chi connectivity index (χ0n) is 11.1. The van der Waals surface area contributed by atoms with Crippen molar-refractivity contribution in [1.29, 1.82) is 0 Å². The minimum Gasteiger partial charge on any atom is -0.383 e. The third kappa shape index (κ3) is 3.34. The van der Waals surface area contributed by atoms with Crippen LogP contribution in [0, 0.1) is 13.8 Å². The molecule has 2 rings (SSSR count). The Hall–Kier alpha value is -1.33. The number of nitrogens with zero attached hydrogens (tertiary/aromatic N) is 2. The molecule has 0 bridgehead atoms. The van der Waals surface area contributed by atoms with Crippen LogP contribution in [0.15, 0.2) is 18.3 Å². The summed E-state index contributed by atoms with van der Waals surface area (Å²) in [5, 5.41) is 3.38. The SMILES string of the molecule is COCCn1cc(C)nc1NCc1ccc(C)s1. The summed E-state index contributed by atoms with van der Waals surface area (Å²) in [6.07, 6.45) is 2.04. The van der Waals surface area contributed by atoms with Gasteiger partial charge in [0, 0.05) is 29.6 Å². The number of aryl methyl sites for hydroxylation is 2. The highest BCUT2D eigenvalue weighted by Crippen LogP contribution is 2.17. The highest BCUT2D eigenvalue weighted by Gasteiger charge is 2.05. The number of imidazole rings is 1. The molecular formula is C13H19N3OS. The summed E-state index contributed by atoms with van der Waals surface area (Å²) in [6.45, 7) is 6.47. The Morgan fingerprint density at radius 3 is 2.89 bits per heavy atom. The molecule has 1 N–H and O–H groups in total. The fourth-order valence-electron chi connectivity index (χ4n) is 1.79. The second-order valence-electron chi connectivity index (χ2n) is 4.26. The Morgan fingerprint density at radius 1 is 1.39 bits per heavy atom. The normalized spacial score (nSPS) is 10.8. The van der Waals surface area contributed by atoms with Crippen molar-refractivity contribution in [1.82, 2.24) is 9.55 Å². The molecule has 0 aliphatic rings. The van der Waals surface area contributed by atoms with Gasteiger partial charge in [-0.1, -0.05) is 0 Å².